The van der Waals surface area contributed by atoms with Crippen LogP contribution in [0.2, 0.25) is 5.02 Å². The molecule has 41 heavy (non-hydrogen) atoms. The van der Waals surface area contributed by atoms with Gasteiger partial charge in [-0.15, -0.1) is 0 Å². The Morgan fingerprint density at radius 3 is 2.78 bits per heavy atom. The second kappa shape index (κ2) is 11.1. The van der Waals surface area contributed by atoms with Gasteiger partial charge in [-0.3, -0.25) is 9.59 Å². The van der Waals surface area contributed by atoms with Crippen LogP contribution < -0.4 is 15.6 Å². The van der Waals surface area contributed by atoms with Gasteiger partial charge in [-0.05, 0) is 68.9 Å². The van der Waals surface area contributed by atoms with Crippen LogP contribution in [0, 0.1) is 0 Å². The van der Waals surface area contributed by atoms with E-state index in [9.17, 15) is 19.8 Å². The Hall–Kier alpha value is -4.06. The van der Waals surface area contributed by atoms with Crippen molar-refractivity contribution >= 4 is 34.2 Å². The van der Waals surface area contributed by atoms with Gasteiger partial charge in [0.15, 0.2) is 0 Å². The van der Waals surface area contributed by atoms with Crippen LogP contribution in [0.25, 0.3) is 22.4 Å². The van der Waals surface area contributed by atoms with Crippen molar-refractivity contribution in [2.75, 3.05) is 38.6 Å². The molecule has 2 aromatic heterocycles. The summed E-state index contributed by atoms with van der Waals surface area (Å²) in [5.74, 6) is 0.741. The van der Waals surface area contributed by atoms with Crippen LogP contribution in [-0.2, 0) is 6.54 Å². The molecule has 0 saturated carbocycles. The second-order valence-corrected chi connectivity index (χ2v) is 11.0. The summed E-state index contributed by atoms with van der Waals surface area (Å²) in [4.78, 5) is 41.1. The number of hydrogen-bond donors (Lipinski definition) is 5. The number of aromatic hydroxyl groups is 1. The van der Waals surface area contributed by atoms with E-state index in [1.807, 2.05) is 17.0 Å². The zero-order chi connectivity index (χ0) is 28.7. The molecule has 214 valence electrons. The zero-order valence-corrected chi connectivity index (χ0v) is 23.2. The van der Waals surface area contributed by atoms with Gasteiger partial charge in [-0.25, -0.2) is 4.98 Å². The minimum Gasteiger partial charge on any atom is -0.508 e. The molecule has 2 aliphatic heterocycles. The van der Waals surface area contributed by atoms with E-state index in [0.717, 1.165) is 37.0 Å². The average molecular weight is 579 g/mol. The molecule has 12 heteroatoms. The van der Waals surface area contributed by atoms with Gasteiger partial charge in [0.2, 0.25) is 0 Å². The molecule has 0 spiro atoms. The van der Waals surface area contributed by atoms with Crippen molar-refractivity contribution in [3.8, 4) is 22.9 Å². The van der Waals surface area contributed by atoms with Crippen molar-refractivity contribution in [3.05, 3.63) is 69.1 Å². The first-order valence-corrected chi connectivity index (χ1v) is 13.9. The second-order valence-electron chi connectivity index (χ2n) is 10.6. The zero-order valence-electron chi connectivity index (χ0n) is 22.5. The van der Waals surface area contributed by atoms with Gasteiger partial charge in [0.1, 0.15) is 35.6 Å². The van der Waals surface area contributed by atoms with Crippen LogP contribution in [-0.4, -0.2) is 86.3 Å². The highest BCUT2D eigenvalue weighted by Crippen LogP contribution is 2.33. The third kappa shape index (κ3) is 5.48. The molecule has 5 N–H and O–H groups in total. The number of aromatic amines is 2. The number of amides is 1. The number of piperidine rings is 1. The number of H-pyrrole nitrogens is 2. The molecule has 4 aromatic rings. The van der Waals surface area contributed by atoms with Gasteiger partial charge in [0, 0.05) is 37.0 Å². The number of carbonyl (C=O) groups is 1. The number of nitrogens with one attached hydrogen (secondary N) is 3. The summed E-state index contributed by atoms with van der Waals surface area (Å²) in [6, 6.07) is 10.0. The van der Waals surface area contributed by atoms with Gasteiger partial charge in [0.05, 0.1) is 21.7 Å². The fraction of sp³-hybridized carbons (Fsp3) is 0.345. The molecule has 1 amide bonds. The molecule has 4 heterocycles. The first-order valence-electron chi connectivity index (χ1n) is 13.5. The lowest BCUT2D eigenvalue weighted by molar-refractivity contribution is 0.0617. The van der Waals surface area contributed by atoms with Crippen LogP contribution >= 0.6 is 11.6 Å². The minimum atomic E-state index is -0.927. The summed E-state index contributed by atoms with van der Waals surface area (Å²) in [6.45, 7) is 2.56. The Labute approximate surface area is 240 Å². The number of imidazole rings is 1. The maximum Gasteiger partial charge on any atom is 0.261 e. The largest absolute Gasteiger partial charge is 0.508 e. The van der Waals surface area contributed by atoms with E-state index in [2.05, 4.69) is 32.2 Å². The van der Waals surface area contributed by atoms with Crippen molar-refractivity contribution in [2.45, 2.75) is 31.5 Å². The number of carbonyl (C=O) groups excluding carboxylic acids is 1. The molecule has 6 rings (SSSR count). The van der Waals surface area contributed by atoms with Crippen molar-refractivity contribution in [3.63, 3.8) is 0 Å². The van der Waals surface area contributed by atoms with Crippen molar-refractivity contribution in [1.29, 1.82) is 0 Å². The van der Waals surface area contributed by atoms with Gasteiger partial charge in [0.25, 0.3) is 11.5 Å². The predicted octanol–water partition coefficient (Wildman–Crippen LogP) is 3.18. The summed E-state index contributed by atoms with van der Waals surface area (Å²) < 4.78 is 5.57. The lowest BCUT2D eigenvalue weighted by atomic mass is 10.0. The monoisotopic (exact) mass is 578 g/mol. The SMILES string of the molecule is CN1CCC(N2Cc3cc4[nH]c(-c5c(NC[C@@H](O)COc6ccc(O)cc6Cl)cc[nH]c5=O)nc4cc3C2=O)CC1. The topological polar surface area (TPSA) is 147 Å². The number of rotatable bonds is 8. The number of phenols is 1. The van der Waals surface area contributed by atoms with Gasteiger partial charge in [-0.2, -0.15) is 0 Å². The third-order valence-corrected chi connectivity index (χ3v) is 8.04. The van der Waals surface area contributed by atoms with E-state index < -0.39 is 6.10 Å². The smallest absolute Gasteiger partial charge is 0.261 e. The lowest BCUT2D eigenvalue weighted by Gasteiger charge is -2.34. The molecule has 1 fully saturated rings. The van der Waals surface area contributed by atoms with Gasteiger partial charge < -0.3 is 40.0 Å². The van der Waals surface area contributed by atoms with E-state index in [1.165, 1.54) is 24.4 Å². The fourth-order valence-corrected chi connectivity index (χ4v) is 5.73. The number of likely N-dealkylation sites (tertiary alicyclic amines) is 1. The summed E-state index contributed by atoms with van der Waals surface area (Å²) in [5, 5.41) is 23.3. The van der Waals surface area contributed by atoms with E-state index in [4.69, 9.17) is 16.3 Å². The normalized spacial score (nSPS) is 16.8. The number of nitrogens with zero attached hydrogens (tertiary/aromatic N) is 3. The number of hydrogen-bond acceptors (Lipinski definition) is 8. The molecule has 1 atom stereocenters. The highest BCUT2D eigenvalue weighted by atomic mass is 35.5. The van der Waals surface area contributed by atoms with Gasteiger partial charge >= 0.3 is 0 Å². The van der Waals surface area contributed by atoms with Gasteiger partial charge in [-0.1, -0.05) is 11.6 Å². The molecule has 2 aliphatic rings. The summed E-state index contributed by atoms with van der Waals surface area (Å²) >= 11 is 6.06. The summed E-state index contributed by atoms with van der Waals surface area (Å²) in [5.41, 5.74) is 3.37. The predicted molar refractivity (Wildman–Crippen MR) is 156 cm³/mol. The quantitative estimate of drug-likeness (QED) is 0.214. The Balaban J connectivity index is 1.18. The van der Waals surface area contributed by atoms with Crippen LogP contribution in [0.5, 0.6) is 11.5 Å². The standard InChI is InChI=1S/C29H31ClN6O5/c1-35-8-5-17(6-9-35)36-14-16-10-23-24(12-20(16)29(36)40)34-27(33-23)26-22(4-7-31-28(26)39)32-13-19(38)15-41-25-3-2-18(37)11-21(25)30/h2-4,7,10-12,17,19,37-38H,5-6,8-9,13-15H2,1H3,(H,33,34)(H2,31,32,39)/t19-/m1/s1. The van der Waals surface area contributed by atoms with E-state index in [0.29, 0.717) is 34.9 Å². The van der Waals surface area contributed by atoms with E-state index >= 15 is 0 Å². The number of aliphatic hydroxyl groups excluding tert-OH is 1. The first-order chi connectivity index (χ1) is 19.8. The number of ether oxygens (including phenoxy) is 1. The Morgan fingerprint density at radius 2 is 2.00 bits per heavy atom. The molecular weight excluding hydrogens is 548 g/mol. The minimum absolute atomic E-state index is 0.0165. The molecule has 11 nitrogen and oxygen atoms in total. The number of aliphatic hydroxyl groups is 1. The molecular formula is C29H31ClN6O5. The van der Waals surface area contributed by atoms with Crippen molar-refractivity contribution < 1.29 is 19.7 Å². The van der Waals surface area contributed by atoms with E-state index in [1.54, 1.807) is 6.07 Å². The molecule has 0 aliphatic carbocycles. The van der Waals surface area contributed by atoms with E-state index in [-0.39, 0.29) is 47.0 Å². The summed E-state index contributed by atoms with van der Waals surface area (Å²) in [6.07, 6.45) is 2.52. The van der Waals surface area contributed by atoms with Crippen LogP contribution in [0.4, 0.5) is 5.69 Å². The number of pyridine rings is 1. The number of halogens is 1. The van der Waals surface area contributed by atoms with Crippen LogP contribution in [0.3, 0.4) is 0 Å². The number of aromatic nitrogens is 3. The number of benzene rings is 2. The Kier molecular flexibility index (Phi) is 7.33. The van der Waals surface area contributed by atoms with Crippen molar-refractivity contribution in [2.24, 2.45) is 0 Å². The van der Waals surface area contributed by atoms with Crippen LogP contribution in [0.15, 0.2) is 47.4 Å². The highest BCUT2D eigenvalue weighted by Gasteiger charge is 2.34. The average Bonchev–Trinajstić information content (AvgIpc) is 3.50. The number of anilines is 1. The molecule has 1 saturated heterocycles. The number of phenolic OH excluding ortho intramolecular Hbond substituents is 1. The molecule has 0 radical (unpaired) electrons. The first kappa shape index (κ1) is 27.1. The lowest BCUT2D eigenvalue weighted by Crippen LogP contribution is -2.43. The van der Waals surface area contributed by atoms with Crippen LogP contribution in [0.1, 0.15) is 28.8 Å². The Bertz CT molecular complexity index is 1660. The molecule has 2 aromatic carbocycles. The maximum absolute atomic E-state index is 13.3. The third-order valence-electron chi connectivity index (χ3n) is 7.74. The molecule has 0 unspecified atom stereocenters. The Morgan fingerprint density at radius 1 is 1.20 bits per heavy atom. The number of fused-ring (bicyclic) bond motifs is 2. The molecule has 0 bridgehead atoms. The highest BCUT2D eigenvalue weighted by molar-refractivity contribution is 6.32. The van der Waals surface area contributed by atoms with Crippen molar-refractivity contribution in [1.82, 2.24) is 24.8 Å². The maximum atomic E-state index is 13.3. The fourth-order valence-electron chi connectivity index (χ4n) is 5.50. The summed E-state index contributed by atoms with van der Waals surface area (Å²) in [7, 11) is 2.11.